The molecule has 0 amide bonds. The number of aliphatic imine (C=N–C) groups is 1. The van der Waals surface area contributed by atoms with Gasteiger partial charge in [-0.2, -0.15) is 5.10 Å². The first-order valence-corrected chi connectivity index (χ1v) is 9.93. The molecule has 0 saturated heterocycles. The summed E-state index contributed by atoms with van der Waals surface area (Å²) < 4.78 is 6.64. The Balaban J connectivity index is 0.00000341. The highest BCUT2D eigenvalue weighted by molar-refractivity contribution is 14.0. The number of guanidine groups is 1. The summed E-state index contributed by atoms with van der Waals surface area (Å²) in [4.78, 5) is 16.2. The largest absolute Gasteiger partial charge is 0.465 e. The molecule has 7 nitrogen and oxygen atoms in total. The first-order valence-electron chi connectivity index (χ1n) is 9.93. The van der Waals surface area contributed by atoms with E-state index >= 15 is 0 Å². The lowest BCUT2D eigenvalue weighted by atomic mass is 10.1. The topological polar surface area (TPSA) is 80.5 Å². The number of esters is 1. The SMILES string of the molecule is CCNC(=NCc1ccc(C(=O)OC)cc1)NCc1ccccc1Cn1cccn1.I. The van der Waals surface area contributed by atoms with Crippen LogP contribution in [0.5, 0.6) is 0 Å². The molecule has 0 bridgehead atoms. The minimum Gasteiger partial charge on any atom is -0.465 e. The number of carbonyl (C=O) groups excluding carboxylic acids is 1. The average molecular weight is 533 g/mol. The molecule has 31 heavy (non-hydrogen) atoms. The average Bonchev–Trinajstić information content (AvgIpc) is 3.29. The maximum atomic E-state index is 11.5. The zero-order valence-electron chi connectivity index (χ0n) is 17.7. The highest BCUT2D eigenvalue weighted by Crippen LogP contribution is 2.11. The van der Waals surface area contributed by atoms with E-state index in [1.165, 1.54) is 18.2 Å². The Morgan fingerprint density at radius 2 is 1.81 bits per heavy atom. The number of benzene rings is 2. The number of rotatable bonds is 8. The Morgan fingerprint density at radius 1 is 1.06 bits per heavy atom. The van der Waals surface area contributed by atoms with Crippen molar-refractivity contribution >= 4 is 35.9 Å². The summed E-state index contributed by atoms with van der Waals surface area (Å²) in [6, 6.07) is 17.5. The smallest absolute Gasteiger partial charge is 0.337 e. The van der Waals surface area contributed by atoms with Crippen LogP contribution in [0.1, 0.15) is 34.0 Å². The standard InChI is InChI=1S/C23H27N5O2.HI/c1-3-24-23(25-15-18-9-11-19(12-10-18)22(29)30-2)26-16-20-7-4-5-8-21(20)17-28-14-6-13-27-28;/h4-14H,3,15-17H2,1-2H3,(H2,24,25,26);1H. The van der Waals surface area contributed by atoms with Crippen molar-refractivity contribution in [3.8, 4) is 0 Å². The molecule has 0 spiro atoms. The van der Waals surface area contributed by atoms with Crippen LogP contribution in [-0.2, 0) is 24.4 Å². The Hall–Kier alpha value is -2.88. The van der Waals surface area contributed by atoms with E-state index in [0.29, 0.717) is 18.7 Å². The van der Waals surface area contributed by atoms with Crippen LogP contribution in [0.15, 0.2) is 72.0 Å². The van der Waals surface area contributed by atoms with Gasteiger partial charge >= 0.3 is 5.97 Å². The van der Waals surface area contributed by atoms with E-state index < -0.39 is 0 Å². The number of aromatic nitrogens is 2. The van der Waals surface area contributed by atoms with E-state index in [1.54, 1.807) is 18.3 Å². The van der Waals surface area contributed by atoms with Crippen LogP contribution in [0.3, 0.4) is 0 Å². The second-order valence-electron chi connectivity index (χ2n) is 6.71. The van der Waals surface area contributed by atoms with Gasteiger partial charge in [-0.3, -0.25) is 4.68 Å². The van der Waals surface area contributed by atoms with Gasteiger partial charge in [0.05, 0.1) is 25.8 Å². The van der Waals surface area contributed by atoms with Gasteiger partial charge in [-0.1, -0.05) is 36.4 Å². The molecule has 0 aliphatic carbocycles. The predicted octanol–water partition coefficient (Wildman–Crippen LogP) is 3.59. The van der Waals surface area contributed by atoms with E-state index in [4.69, 9.17) is 4.74 Å². The van der Waals surface area contributed by atoms with Crippen molar-refractivity contribution in [2.24, 2.45) is 4.99 Å². The van der Waals surface area contributed by atoms with Crippen LogP contribution in [0, 0.1) is 0 Å². The Kier molecular flexibility index (Phi) is 10.0. The van der Waals surface area contributed by atoms with Gasteiger partial charge in [0.15, 0.2) is 5.96 Å². The Labute approximate surface area is 199 Å². The van der Waals surface area contributed by atoms with Crippen LogP contribution in [0.25, 0.3) is 0 Å². The van der Waals surface area contributed by atoms with Crippen molar-refractivity contribution in [1.82, 2.24) is 20.4 Å². The quantitative estimate of drug-likeness (QED) is 0.200. The molecule has 3 rings (SSSR count). The number of hydrogen-bond donors (Lipinski definition) is 2. The Bertz CT molecular complexity index is 972. The molecule has 0 saturated carbocycles. The summed E-state index contributed by atoms with van der Waals surface area (Å²) >= 11 is 0. The summed E-state index contributed by atoms with van der Waals surface area (Å²) in [7, 11) is 1.38. The number of halogens is 1. The molecule has 3 aromatic rings. The van der Waals surface area contributed by atoms with Gasteiger partial charge < -0.3 is 15.4 Å². The summed E-state index contributed by atoms with van der Waals surface area (Å²) in [6.45, 7) is 4.69. The number of hydrogen-bond acceptors (Lipinski definition) is 4. The highest BCUT2D eigenvalue weighted by atomic mass is 127. The van der Waals surface area contributed by atoms with Crippen LogP contribution < -0.4 is 10.6 Å². The summed E-state index contributed by atoms with van der Waals surface area (Å²) in [5, 5.41) is 11.0. The first-order chi connectivity index (χ1) is 14.7. The van der Waals surface area contributed by atoms with E-state index in [2.05, 4.69) is 32.9 Å². The third-order valence-corrected chi connectivity index (χ3v) is 4.60. The lowest BCUT2D eigenvalue weighted by Gasteiger charge is -2.14. The summed E-state index contributed by atoms with van der Waals surface area (Å²) in [5.41, 5.74) is 3.95. The summed E-state index contributed by atoms with van der Waals surface area (Å²) in [5.74, 6) is 0.400. The molecule has 0 fully saturated rings. The normalized spacial score (nSPS) is 10.8. The van der Waals surface area contributed by atoms with Crippen molar-refractivity contribution in [2.75, 3.05) is 13.7 Å². The molecule has 0 atom stereocenters. The number of carbonyl (C=O) groups is 1. The molecule has 1 aromatic heterocycles. The molecule has 0 aliphatic rings. The van der Waals surface area contributed by atoms with E-state index in [1.807, 2.05) is 48.1 Å². The predicted molar refractivity (Wildman–Crippen MR) is 133 cm³/mol. The maximum Gasteiger partial charge on any atom is 0.337 e. The third-order valence-electron chi connectivity index (χ3n) is 4.60. The number of nitrogens with one attached hydrogen (secondary N) is 2. The van der Waals surface area contributed by atoms with E-state index in [-0.39, 0.29) is 29.9 Å². The van der Waals surface area contributed by atoms with E-state index in [9.17, 15) is 4.79 Å². The van der Waals surface area contributed by atoms with Crippen molar-refractivity contribution in [2.45, 2.75) is 26.6 Å². The Morgan fingerprint density at radius 3 is 2.45 bits per heavy atom. The minimum atomic E-state index is -0.339. The number of nitrogens with zero attached hydrogens (tertiary/aromatic N) is 3. The lowest BCUT2D eigenvalue weighted by molar-refractivity contribution is 0.0600. The monoisotopic (exact) mass is 533 g/mol. The van der Waals surface area contributed by atoms with Crippen molar-refractivity contribution in [3.05, 3.63) is 89.2 Å². The molecule has 2 N–H and O–H groups in total. The van der Waals surface area contributed by atoms with Gasteiger partial charge in [0.25, 0.3) is 0 Å². The molecule has 164 valence electrons. The van der Waals surface area contributed by atoms with E-state index in [0.717, 1.165) is 24.6 Å². The lowest BCUT2D eigenvalue weighted by Crippen LogP contribution is -2.37. The summed E-state index contributed by atoms with van der Waals surface area (Å²) in [6.07, 6.45) is 3.75. The first kappa shape index (κ1) is 24.4. The van der Waals surface area contributed by atoms with Gasteiger partial charge in [0.2, 0.25) is 0 Å². The number of ether oxygens (including phenoxy) is 1. The molecule has 1 heterocycles. The fourth-order valence-corrected chi connectivity index (χ4v) is 3.01. The van der Waals surface area contributed by atoms with Gasteiger partial charge in [0, 0.05) is 25.5 Å². The van der Waals surface area contributed by atoms with Crippen molar-refractivity contribution in [1.29, 1.82) is 0 Å². The fourth-order valence-electron chi connectivity index (χ4n) is 3.01. The zero-order chi connectivity index (χ0) is 21.2. The fraction of sp³-hybridized carbons (Fsp3) is 0.261. The highest BCUT2D eigenvalue weighted by Gasteiger charge is 2.06. The van der Waals surface area contributed by atoms with Gasteiger partial charge in [-0.15, -0.1) is 24.0 Å². The van der Waals surface area contributed by atoms with Gasteiger partial charge in [0.1, 0.15) is 0 Å². The van der Waals surface area contributed by atoms with Crippen molar-refractivity contribution in [3.63, 3.8) is 0 Å². The van der Waals surface area contributed by atoms with Crippen LogP contribution >= 0.6 is 24.0 Å². The van der Waals surface area contributed by atoms with Crippen LogP contribution in [0.2, 0.25) is 0 Å². The van der Waals surface area contributed by atoms with Crippen LogP contribution in [0.4, 0.5) is 0 Å². The minimum absolute atomic E-state index is 0. The van der Waals surface area contributed by atoms with Crippen molar-refractivity contribution < 1.29 is 9.53 Å². The van der Waals surface area contributed by atoms with Gasteiger partial charge in [-0.25, -0.2) is 9.79 Å². The second kappa shape index (κ2) is 12.7. The molecule has 0 radical (unpaired) electrons. The van der Waals surface area contributed by atoms with Gasteiger partial charge in [-0.05, 0) is 41.8 Å². The molecule has 0 unspecified atom stereocenters. The maximum absolute atomic E-state index is 11.5. The van der Waals surface area contributed by atoms with Crippen LogP contribution in [-0.4, -0.2) is 35.4 Å². The molecule has 8 heteroatoms. The molecular formula is C23H28IN5O2. The molecule has 0 aliphatic heterocycles. The molecule has 2 aromatic carbocycles. The second-order valence-corrected chi connectivity index (χ2v) is 6.71. The third kappa shape index (κ3) is 7.39. The molecular weight excluding hydrogens is 505 g/mol. The number of methoxy groups -OCH3 is 1. The zero-order valence-corrected chi connectivity index (χ0v) is 20.1.